The number of alkyl halides is 1. The number of aromatic nitrogens is 2. The quantitative estimate of drug-likeness (QED) is 0.762. The molecule has 2 nitrogen and oxygen atoms in total. The maximum absolute atomic E-state index is 5.94. The molecule has 0 radical (unpaired) electrons. The van der Waals surface area contributed by atoms with Gasteiger partial charge in [0, 0.05) is 6.54 Å². The lowest BCUT2D eigenvalue weighted by Gasteiger charge is -2.09. The zero-order valence-electron chi connectivity index (χ0n) is 10.2. The molecule has 0 amide bonds. The highest BCUT2D eigenvalue weighted by Crippen LogP contribution is 2.18. The second-order valence-electron chi connectivity index (χ2n) is 4.48. The molecule has 2 aromatic rings. The molecule has 2 rings (SSSR count). The highest BCUT2D eigenvalue weighted by Gasteiger charge is 2.09. The van der Waals surface area contributed by atoms with Crippen molar-refractivity contribution in [2.24, 2.45) is 5.92 Å². The molecular weight excluding hydrogens is 255 g/mol. The highest BCUT2D eigenvalue weighted by molar-refractivity contribution is 6.16. The van der Waals surface area contributed by atoms with Gasteiger partial charge in [-0.25, -0.2) is 4.98 Å². The molecular formula is C13H18Cl2N2. The number of halogens is 2. The van der Waals surface area contributed by atoms with Gasteiger partial charge in [0.25, 0.3) is 0 Å². The van der Waals surface area contributed by atoms with Crippen molar-refractivity contribution in [2.75, 3.05) is 0 Å². The van der Waals surface area contributed by atoms with Crippen LogP contribution in [-0.4, -0.2) is 9.55 Å². The molecule has 0 N–H and O–H groups in total. The van der Waals surface area contributed by atoms with Crippen LogP contribution in [0.4, 0.5) is 0 Å². The zero-order chi connectivity index (χ0) is 11.5. The fraction of sp³-hybridized carbons (Fsp3) is 0.462. The summed E-state index contributed by atoms with van der Waals surface area (Å²) in [5.41, 5.74) is 2.24. The van der Waals surface area contributed by atoms with Crippen LogP contribution in [0.15, 0.2) is 24.3 Å². The summed E-state index contributed by atoms with van der Waals surface area (Å²) in [6.07, 6.45) is 1.16. The van der Waals surface area contributed by atoms with E-state index in [1.54, 1.807) is 0 Å². The van der Waals surface area contributed by atoms with Crippen LogP contribution in [0.5, 0.6) is 0 Å². The Morgan fingerprint density at radius 1 is 1.29 bits per heavy atom. The van der Waals surface area contributed by atoms with Crippen molar-refractivity contribution in [1.29, 1.82) is 0 Å². The topological polar surface area (TPSA) is 17.8 Å². The van der Waals surface area contributed by atoms with E-state index in [1.807, 2.05) is 18.2 Å². The highest BCUT2D eigenvalue weighted by atomic mass is 35.5. The van der Waals surface area contributed by atoms with E-state index in [4.69, 9.17) is 11.6 Å². The number of nitrogens with zero attached hydrogens (tertiary/aromatic N) is 2. The average molecular weight is 273 g/mol. The third-order valence-corrected chi connectivity index (χ3v) is 3.02. The van der Waals surface area contributed by atoms with Crippen molar-refractivity contribution in [1.82, 2.24) is 9.55 Å². The van der Waals surface area contributed by atoms with Crippen LogP contribution in [0.25, 0.3) is 11.0 Å². The van der Waals surface area contributed by atoms with Gasteiger partial charge in [-0.1, -0.05) is 26.0 Å². The van der Waals surface area contributed by atoms with Gasteiger partial charge in [0.15, 0.2) is 0 Å². The Bertz CT molecular complexity index is 477. The SMILES string of the molecule is CC(C)CCn1c(CCl)nc2ccccc21.Cl. The Morgan fingerprint density at radius 2 is 2.00 bits per heavy atom. The first kappa shape index (κ1) is 14.3. The second-order valence-corrected chi connectivity index (χ2v) is 4.75. The Hall–Kier alpha value is -0.730. The van der Waals surface area contributed by atoms with Gasteiger partial charge in [-0.3, -0.25) is 0 Å². The molecule has 0 atom stereocenters. The van der Waals surface area contributed by atoms with Gasteiger partial charge in [0.05, 0.1) is 16.9 Å². The Labute approximate surface area is 113 Å². The van der Waals surface area contributed by atoms with Crippen molar-refractivity contribution < 1.29 is 0 Å². The molecule has 0 unspecified atom stereocenters. The number of fused-ring (bicyclic) bond motifs is 1. The van der Waals surface area contributed by atoms with E-state index in [-0.39, 0.29) is 12.4 Å². The Balaban J connectivity index is 0.00000144. The van der Waals surface area contributed by atoms with Gasteiger partial charge < -0.3 is 4.57 Å². The summed E-state index contributed by atoms with van der Waals surface area (Å²) < 4.78 is 2.24. The lowest BCUT2D eigenvalue weighted by Crippen LogP contribution is -2.04. The van der Waals surface area contributed by atoms with E-state index in [0.717, 1.165) is 24.3 Å². The zero-order valence-corrected chi connectivity index (χ0v) is 11.8. The molecule has 17 heavy (non-hydrogen) atoms. The molecule has 0 saturated carbocycles. The van der Waals surface area contributed by atoms with Gasteiger partial charge in [0.2, 0.25) is 0 Å². The molecule has 1 heterocycles. The number of aryl methyl sites for hydroxylation is 1. The molecule has 0 bridgehead atoms. The van der Waals surface area contributed by atoms with E-state index in [0.29, 0.717) is 11.8 Å². The summed E-state index contributed by atoms with van der Waals surface area (Å²) in [5, 5.41) is 0. The van der Waals surface area contributed by atoms with Gasteiger partial charge in [-0.05, 0) is 24.5 Å². The first-order valence-electron chi connectivity index (χ1n) is 5.72. The van der Waals surface area contributed by atoms with Crippen LogP contribution in [0.3, 0.4) is 0 Å². The van der Waals surface area contributed by atoms with Gasteiger partial charge in [-0.2, -0.15) is 0 Å². The van der Waals surface area contributed by atoms with Crippen LogP contribution >= 0.6 is 24.0 Å². The molecule has 4 heteroatoms. The second kappa shape index (κ2) is 6.27. The van der Waals surface area contributed by atoms with E-state index >= 15 is 0 Å². The van der Waals surface area contributed by atoms with E-state index in [2.05, 4.69) is 29.5 Å². The molecule has 0 aliphatic rings. The minimum Gasteiger partial charge on any atom is -0.327 e. The summed E-state index contributed by atoms with van der Waals surface area (Å²) in [7, 11) is 0. The third-order valence-electron chi connectivity index (χ3n) is 2.78. The third kappa shape index (κ3) is 3.14. The summed E-state index contributed by atoms with van der Waals surface area (Å²) in [6, 6.07) is 8.21. The molecule has 0 saturated heterocycles. The van der Waals surface area contributed by atoms with Gasteiger partial charge in [0.1, 0.15) is 5.82 Å². The van der Waals surface area contributed by atoms with Crippen molar-refractivity contribution in [3.63, 3.8) is 0 Å². The summed E-state index contributed by atoms with van der Waals surface area (Å²) in [6.45, 7) is 5.47. The largest absolute Gasteiger partial charge is 0.327 e. The molecule has 94 valence electrons. The van der Waals surface area contributed by atoms with Crippen molar-refractivity contribution in [2.45, 2.75) is 32.7 Å². The average Bonchev–Trinajstić information content (AvgIpc) is 2.64. The maximum Gasteiger partial charge on any atom is 0.124 e. The molecule has 0 aliphatic heterocycles. The smallest absolute Gasteiger partial charge is 0.124 e. The van der Waals surface area contributed by atoms with E-state index < -0.39 is 0 Å². The predicted octanol–water partition coefficient (Wildman–Crippen LogP) is 4.24. The van der Waals surface area contributed by atoms with Crippen LogP contribution in [0.1, 0.15) is 26.1 Å². The molecule has 0 fully saturated rings. The first-order chi connectivity index (χ1) is 7.72. The summed E-state index contributed by atoms with van der Waals surface area (Å²) >= 11 is 5.94. The minimum absolute atomic E-state index is 0. The molecule has 0 aliphatic carbocycles. The van der Waals surface area contributed by atoms with Crippen LogP contribution in [0.2, 0.25) is 0 Å². The molecule has 1 aromatic heterocycles. The molecule has 1 aromatic carbocycles. The normalized spacial score (nSPS) is 10.8. The fourth-order valence-corrected chi connectivity index (χ4v) is 2.07. The van der Waals surface area contributed by atoms with Gasteiger partial charge >= 0.3 is 0 Å². The van der Waals surface area contributed by atoms with E-state index in [9.17, 15) is 0 Å². The van der Waals surface area contributed by atoms with Crippen LogP contribution < -0.4 is 0 Å². The number of imidazole rings is 1. The van der Waals surface area contributed by atoms with Crippen molar-refractivity contribution in [3.05, 3.63) is 30.1 Å². The standard InChI is InChI=1S/C13H17ClN2.ClH/c1-10(2)7-8-16-12-6-4-3-5-11(12)15-13(16)9-14;/h3-6,10H,7-9H2,1-2H3;1H. The van der Waals surface area contributed by atoms with E-state index in [1.165, 1.54) is 5.52 Å². The van der Waals surface area contributed by atoms with Gasteiger partial charge in [-0.15, -0.1) is 24.0 Å². The van der Waals surface area contributed by atoms with Crippen LogP contribution in [-0.2, 0) is 12.4 Å². The number of rotatable bonds is 4. The molecule has 0 spiro atoms. The Morgan fingerprint density at radius 3 is 2.65 bits per heavy atom. The number of hydrogen-bond acceptors (Lipinski definition) is 1. The first-order valence-corrected chi connectivity index (χ1v) is 6.26. The van der Waals surface area contributed by atoms with Crippen LogP contribution in [0, 0.1) is 5.92 Å². The summed E-state index contributed by atoms with van der Waals surface area (Å²) in [4.78, 5) is 4.54. The number of hydrogen-bond donors (Lipinski definition) is 0. The van der Waals surface area contributed by atoms with Crippen molar-refractivity contribution >= 4 is 35.0 Å². The maximum atomic E-state index is 5.94. The minimum atomic E-state index is 0. The van der Waals surface area contributed by atoms with Crippen molar-refractivity contribution in [3.8, 4) is 0 Å². The predicted molar refractivity (Wildman–Crippen MR) is 76.0 cm³/mol. The Kier molecular flexibility index (Phi) is 5.29. The number of para-hydroxylation sites is 2. The summed E-state index contributed by atoms with van der Waals surface area (Å²) in [5.74, 6) is 2.15. The fourth-order valence-electron chi connectivity index (χ4n) is 1.86. The lowest BCUT2D eigenvalue weighted by molar-refractivity contribution is 0.516. The lowest BCUT2D eigenvalue weighted by atomic mass is 10.1. The number of benzene rings is 1. The monoisotopic (exact) mass is 272 g/mol.